The zero-order valence-corrected chi connectivity index (χ0v) is 16.2. The van der Waals surface area contributed by atoms with E-state index in [-0.39, 0.29) is 6.04 Å². The van der Waals surface area contributed by atoms with Gasteiger partial charge in [0.1, 0.15) is 0 Å². The third-order valence-corrected chi connectivity index (χ3v) is 5.82. The Balaban J connectivity index is 1.77. The third-order valence-electron chi connectivity index (χ3n) is 5.08. The second kappa shape index (κ2) is 6.19. The van der Waals surface area contributed by atoms with Crippen molar-refractivity contribution in [2.24, 2.45) is 0 Å². The minimum absolute atomic E-state index is 0.0529. The van der Waals surface area contributed by atoms with E-state index in [0.29, 0.717) is 0 Å². The summed E-state index contributed by atoms with van der Waals surface area (Å²) < 4.78 is 1.10. The van der Waals surface area contributed by atoms with Gasteiger partial charge in [-0.25, -0.2) is 0 Å². The SMILES string of the molecule is Clc1ccc(C2Nc3ccccc3Cc3c2[nH]c2ccc(Br)cc32)cc1. The maximum absolute atomic E-state index is 6.11. The molecule has 1 aromatic heterocycles. The fourth-order valence-corrected chi connectivity index (χ4v) is 4.30. The number of H-pyrrole nitrogens is 1. The number of hydrogen-bond donors (Lipinski definition) is 2. The molecular formula is C22H16BrClN2. The molecule has 128 valence electrons. The number of rotatable bonds is 1. The second-order valence-electron chi connectivity index (χ2n) is 6.67. The molecule has 4 aromatic rings. The summed E-state index contributed by atoms with van der Waals surface area (Å²) in [5.41, 5.74) is 7.41. The summed E-state index contributed by atoms with van der Waals surface area (Å²) in [6, 6.07) is 23.1. The number of hydrogen-bond acceptors (Lipinski definition) is 1. The number of benzene rings is 3. The molecule has 0 spiro atoms. The maximum atomic E-state index is 6.11. The lowest BCUT2D eigenvalue weighted by Gasteiger charge is -2.19. The summed E-state index contributed by atoms with van der Waals surface area (Å²) in [4.78, 5) is 3.66. The minimum Gasteiger partial charge on any atom is -0.373 e. The molecule has 0 bridgehead atoms. The molecule has 2 heterocycles. The summed E-state index contributed by atoms with van der Waals surface area (Å²) in [5.74, 6) is 0. The number of aromatic nitrogens is 1. The van der Waals surface area contributed by atoms with Gasteiger partial charge in [0.25, 0.3) is 0 Å². The van der Waals surface area contributed by atoms with E-state index in [1.54, 1.807) is 0 Å². The summed E-state index contributed by atoms with van der Waals surface area (Å²) in [7, 11) is 0. The average molecular weight is 424 g/mol. The van der Waals surface area contributed by atoms with Crippen LogP contribution in [0, 0.1) is 0 Å². The summed E-state index contributed by atoms with van der Waals surface area (Å²) in [6.07, 6.45) is 0.902. The number of halogens is 2. The summed E-state index contributed by atoms with van der Waals surface area (Å²) >= 11 is 9.73. The van der Waals surface area contributed by atoms with Gasteiger partial charge in [-0.1, -0.05) is 57.9 Å². The molecule has 1 aliphatic heterocycles. The topological polar surface area (TPSA) is 27.8 Å². The van der Waals surface area contributed by atoms with Gasteiger partial charge in [-0.05, 0) is 53.1 Å². The van der Waals surface area contributed by atoms with Crippen LogP contribution in [0.3, 0.4) is 0 Å². The predicted octanol–water partition coefficient (Wildman–Crippen LogP) is 6.69. The van der Waals surface area contributed by atoms with Crippen LogP contribution in [0.1, 0.15) is 28.4 Å². The third kappa shape index (κ3) is 2.63. The van der Waals surface area contributed by atoms with Gasteiger partial charge in [-0.15, -0.1) is 0 Å². The zero-order chi connectivity index (χ0) is 17.7. The Morgan fingerprint density at radius 2 is 1.77 bits per heavy atom. The first kappa shape index (κ1) is 16.0. The molecule has 0 fully saturated rings. The zero-order valence-electron chi connectivity index (χ0n) is 13.9. The predicted molar refractivity (Wildman–Crippen MR) is 112 cm³/mol. The van der Waals surface area contributed by atoms with Crippen LogP contribution in [0.25, 0.3) is 10.9 Å². The normalized spacial score (nSPS) is 15.8. The maximum Gasteiger partial charge on any atom is 0.0921 e. The van der Waals surface area contributed by atoms with Crippen molar-refractivity contribution in [3.63, 3.8) is 0 Å². The van der Waals surface area contributed by atoms with E-state index in [9.17, 15) is 0 Å². The highest BCUT2D eigenvalue weighted by Crippen LogP contribution is 2.39. The molecule has 0 saturated heterocycles. The van der Waals surface area contributed by atoms with Crippen LogP contribution in [0.4, 0.5) is 5.69 Å². The summed E-state index contributed by atoms with van der Waals surface area (Å²) in [5, 5.41) is 5.76. The van der Waals surface area contributed by atoms with E-state index < -0.39 is 0 Å². The van der Waals surface area contributed by atoms with E-state index in [4.69, 9.17) is 11.6 Å². The van der Waals surface area contributed by atoms with Crippen molar-refractivity contribution in [2.45, 2.75) is 12.5 Å². The molecular weight excluding hydrogens is 408 g/mol. The number of para-hydroxylation sites is 1. The molecule has 0 saturated carbocycles. The van der Waals surface area contributed by atoms with Crippen LogP contribution >= 0.6 is 27.5 Å². The first-order chi connectivity index (χ1) is 12.7. The van der Waals surface area contributed by atoms with Crippen LogP contribution < -0.4 is 5.32 Å². The van der Waals surface area contributed by atoms with Crippen molar-refractivity contribution in [3.8, 4) is 0 Å². The van der Waals surface area contributed by atoms with Crippen molar-refractivity contribution in [1.29, 1.82) is 0 Å². The van der Waals surface area contributed by atoms with Gasteiger partial charge in [0.2, 0.25) is 0 Å². The first-order valence-electron chi connectivity index (χ1n) is 8.59. The fourth-order valence-electron chi connectivity index (χ4n) is 3.82. The minimum atomic E-state index is 0.0529. The van der Waals surface area contributed by atoms with Crippen LogP contribution in [-0.2, 0) is 6.42 Å². The van der Waals surface area contributed by atoms with E-state index >= 15 is 0 Å². The quantitative estimate of drug-likeness (QED) is 0.351. The van der Waals surface area contributed by atoms with E-state index in [1.165, 1.54) is 39.0 Å². The van der Waals surface area contributed by atoms with Gasteiger partial charge < -0.3 is 10.3 Å². The van der Waals surface area contributed by atoms with Crippen molar-refractivity contribution < 1.29 is 0 Å². The molecule has 1 atom stereocenters. The Hall–Kier alpha value is -2.23. The second-order valence-corrected chi connectivity index (χ2v) is 8.02. The molecule has 26 heavy (non-hydrogen) atoms. The highest BCUT2D eigenvalue weighted by molar-refractivity contribution is 9.10. The molecule has 1 aliphatic rings. The van der Waals surface area contributed by atoms with Gasteiger partial charge in [0.05, 0.1) is 6.04 Å². The number of aromatic amines is 1. The fraction of sp³-hybridized carbons (Fsp3) is 0.0909. The van der Waals surface area contributed by atoms with Gasteiger partial charge in [-0.2, -0.15) is 0 Å². The number of fused-ring (bicyclic) bond motifs is 4. The lowest BCUT2D eigenvalue weighted by molar-refractivity contribution is 0.900. The lowest BCUT2D eigenvalue weighted by atomic mass is 9.98. The van der Waals surface area contributed by atoms with Gasteiger partial charge in [0, 0.05) is 38.2 Å². The molecule has 2 nitrogen and oxygen atoms in total. The standard InChI is InChI=1S/C22H16BrClN2/c23-15-7-10-20-17(12-15)18-11-14-3-1-2-4-19(14)25-21(22(18)26-20)13-5-8-16(24)9-6-13/h1-10,12,21,25-26H,11H2. The monoisotopic (exact) mass is 422 g/mol. The van der Waals surface area contributed by atoms with Crippen molar-refractivity contribution >= 4 is 44.1 Å². The number of anilines is 1. The lowest BCUT2D eigenvalue weighted by Crippen LogP contribution is -2.12. The summed E-state index contributed by atoms with van der Waals surface area (Å²) in [6.45, 7) is 0. The largest absolute Gasteiger partial charge is 0.373 e. The van der Waals surface area contributed by atoms with Crippen LogP contribution in [0.15, 0.2) is 71.2 Å². The smallest absolute Gasteiger partial charge is 0.0921 e. The molecule has 0 amide bonds. The van der Waals surface area contributed by atoms with E-state index in [2.05, 4.69) is 80.8 Å². The Kier molecular flexibility index (Phi) is 3.80. The Bertz CT molecular complexity index is 1110. The van der Waals surface area contributed by atoms with Crippen LogP contribution in [0.5, 0.6) is 0 Å². The van der Waals surface area contributed by atoms with Crippen molar-refractivity contribution in [2.75, 3.05) is 5.32 Å². The Labute approximate surface area is 165 Å². The van der Waals surface area contributed by atoms with Gasteiger partial charge in [-0.3, -0.25) is 0 Å². The molecule has 0 aliphatic carbocycles. The van der Waals surface area contributed by atoms with Crippen molar-refractivity contribution in [3.05, 3.63) is 98.6 Å². The van der Waals surface area contributed by atoms with Crippen LogP contribution in [0.2, 0.25) is 5.02 Å². The molecule has 5 rings (SSSR count). The van der Waals surface area contributed by atoms with Crippen molar-refractivity contribution in [1.82, 2.24) is 4.98 Å². The molecule has 1 unspecified atom stereocenters. The Morgan fingerprint density at radius 3 is 2.62 bits per heavy atom. The van der Waals surface area contributed by atoms with Crippen LogP contribution in [-0.4, -0.2) is 4.98 Å². The number of nitrogens with one attached hydrogen (secondary N) is 2. The molecule has 0 radical (unpaired) electrons. The highest BCUT2D eigenvalue weighted by Gasteiger charge is 2.26. The molecule has 2 N–H and O–H groups in total. The molecule has 3 aromatic carbocycles. The first-order valence-corrected chi connectivity index (χ1v) is 9.76. The Morgan fingerprint density at radius 1 is 0.962 bits per heavy atom. The van der Waals surface area contributed by atoms with Gasteiger partial charge in [0.15, 0.2) is 0 Å². The highest BCUT2D eigenvalue weighted by atomic mass is 79.9. The van der Waals surface area contributed by atoms with E-state index in [0.717, 1.165) is 15.9 Å². The molecule has 4 heteroatoms. The van der Waals surface area contributed by atoms with E-state index in [1.807, 2.05) is 12.1 Å². The van der Waals surface area contributed by atoms with Gasteiger partial charge >= 0.3 is 0 Å². The average Bonchev–Trinajstić information content (AvgIpc) is 2.90.